The van der Waals surface area contributed by atoms with Gasteiger partial charge >= 0.3 is 5.97 Å². The minimum absolute atomic E-state index is 0.221. The van der Waals surface area contributed by atoms with Crippen molar-refractivity contribution in [3.63, 3.8) is 0 Å². The summed E-state index contributed by atoms with van der Waals surface area (Å²) in [6.45, 7) is 7.00. The van der Waals surface area contributed by atoms with Crippen molar-refractivity contribution < 1.29 is 19.4 Å². The molecular formula is C34H42N2O4. The summed E-state index contributed by atoms with van der Waals surface area (Å²) in [7, 11) is 0. The molecule has 0 spiro atoms. The minimum Gasteiger partial charge on any atom is -0.490 e. The van der Waals surface area contributed by atoms with Crippen LogP contribution in [0, 0.1) is 17.3 Å². The topological polar surface area (TPSA) is 88.5 Å². The van der Waals surface area contributed by atoms with Crippen molar-refractivity contribution in [3.8, 4) is 5.75 Å². The number of carboxylic acids is 1. The number of aliphatic carboxylic acids is 1. The van der Waals surface area contributed by atoms with Crippen molar-refractivity contribution in [2.45, 2.75) is 90.7 Å². The van der Waals surface area contributed by atoms with Gasteiger partial charge < -0.3 is 15.2 Å². The van der Waals surface area contributed by atoms with E-state index in [0.717, 1.165) is 47.4 Å². The number of benzene rings is 2. The van der Waals surface area contributed by atoms with Crippen LogP contribution in [0.15, 0.2) is 54.6 Å². The maximum atomic E-state index is 13.3. The number of hydrogen-bond donors (Lipinski definition) is 2. The normalized spacial score (nSPS) is 20.8. The van der Waals surface area contributed by atoms with Crippen LogP contribution in [0.2, 0.25) is 0 Å². The monoisotopic (exact) mass is 542 g/mol. The van der Waals surface area contributed by atoms with Gasteiger partial charge in [-0.25, -0.2) is 9.78 Å². The molecule has 40 heavy (non-hydrogen) atoms. The highest BCUT2D eigenvalue weighted by atomic mass is 16.5. The van der Waals surface area contributed by atoms with Crippen LogP contribution in [0.1, 0.15) is 99.9 Å². The number of fused-ring (bicyclic) bond motifs is 1. The third kappa shape index (κ3) is 6.65. The lowest BCUT2D eigenvalue weighted by Crippen LogP contribution is -2.34. The van der Waals surface area contributed by atoms with Crippen LogP contribution in [0.3, 0.4) is 0 Å². The molecule has 0 saturated heterocycles. The molecule has 6 nitrogen and oxygen atoms in total. The Morgan fingerprint density at radius 1 is 0.975 bits per heavy atom. The molecule has 212 valence electrons. The molecule has 2 aromatic carbocycles. The van der Waals surface area contributed by atoms with Gasteiger partial charge in [-0.2, -0.15) is 0 Å². The molecule has 1 heterocycles. The average Bonchev–Trinajstić information content (AvgIpc) is 3.45. The van der Waals surface area contributed by atoms with E-state index < -0.39 is 17.9 Å². The zero-order chi connectivity index (χ0) is 28.3. The summed E-state index contributed by atoms with van der Waals surface area (Å²) in [6.07, 6.45) is 10.3. The average molecular weight is 543 g/mol. The number of carboxylic acid groups (broad SMARTS) is 1. The molecule has 1 aromatic heterocycles. The van der Waals surface area contributed by atoms with Crippen molar-refractivity contribution in [1.82, 2.24) is 10.3 Å². The van der Waals surface area contributed by atoms with Gasteiger partial charge in [-0.3, -0.25) is 4.79 Å². The first-order valence-electron chi connectivity index (χ1n) is 14.9. The molecule has 3 aromatic rings. The molecule has 0 bridgehead atoms. The zero-order valence-electron chi connectivity index (χ0n) is 24.0. The van der Waals surface area contributed by atoms with Crippen molar-refractivity contribution in [1.29, 1.82) is 0 Å². The van der Waals surface area contributed by atoms with E-state index in [9.17, 15) is 14.7 Å². The van der Waals surface area contributed by atoms with Gasteiger partial charge in [0, 0.05) is 11.1 Å². The standard InChI is InChI=1S/C34H42N2O4/c1-34(2,3)25-14-17-26(18-15-25)40-27-16-13-24-20-30(35-29(28(24)21-27)19-22-9-7-8-10-22)32(37)36-31(33(38)39)23-11-5-4-6-12-23/h4-6,11-13,16,20-22,25-26,31H,7-10,14-15,17-19H2,1-3H3,(H,36,37)(H,38,39)/t25?,26?,31-/m1/s1. The van der Waals surface area contributed by atoms with Gasteiger partial charge in [0.05, 0.1) is 6.10 Å². The second kappa shape index (κ2) is 12.0. The van der Waals surface area contributed by atoms with Crippen LogP contribution in [0.5, 0.6) is 5.75 Å². The molecule has 2 N–H and O–H groups in total. The summed E-state index contributed by atoms with van der Waals surface area (Å²) in [5.41, 5.74) is 2.00. The Bertz CT molecular complexity index is 1330. The maximum Gasteiger partial charge on any atom is 0.330 e. The Hall–Kier alpha value is -3.41. The highest BCUT2D eigenvalue weighted by Crippen LogP contribution is 2.39. The Morgan fingerprint density at radius 2 is 1.68 bits per heavy atom. The van der Waals surface area contributed by atoms with Gasteiger partial charge in [-0.1, -0.05) is 82.9 Å². The lowest BCUT2D eigenvalue weighted by molar-refractivity contribution is -0.139. The Labute approximate surface area is 237 Å². The molecule has 0 unspecified atom stereocenters. The predicted octanol–water partition coefficient (Wildman–Crippen LogP) is 7.51. The van der Waals surface area contributed by atoms with Gasteiger partial charge in [-0.05, 0) is 78.5 Å². The summed E-state index contributed by atoms with van der Waals surface area (Å²) in [6, 6.07) is 15.5. The number of nitrogens with zero attached hydrogens (tertiary/aromatic N) is 1. The first-order valence-corrected chi connectivity index (χ1v) is 14.9. The molecule has 2 saturated carbocycles. The van der Waals surface area contributed by atoms with Crippen LogP contribution in [-0.4, -0.2) is 28.1 Å². The summed E-state index contributed by atoms with van der Waals surface area (Å²) in [5, 5.41) is 14.4. The van der Waals surface area contributed by atoms with Gasteiger partial charge in [0.1, 0.15) is 11.4 Å². The Balaban J connectivity index is 1.39. The first kappa shape index (κ1) is 28.1. The Morgan fingerprint density at radius 3 is 2.33 bits per heavy atom. The number of carbonyl (C=O) groups excluding carboxylic acids is 1. The van der Waals surface area contributed by atoms with Gasteiger partial charge in [-0.15, -0.1) is 0 Å². The van der Waals surface area contributed by atoms with E-state index in [4.69, 9.17) is 9.72 Å². The number of carbonyl (C=O) groups is 2. The van der Waals surface area contributed by atoms with Crippen LogP contribution >= 0.6 is 0 Å². The number of hydrogen-bond acceptors (Lipinski definition) is 4. The van der Waals surface area contributed by atoms with Gasteiger partial charge in [0.25, 0.3) is 5.91 Å². The lowest BCUT2D eigenvalue weighted by atomic mass is 9.72. The zero-order valence-corrected chi connectivity index (χ0v) is 24.0. The van der Waals surface area contributed by atoms with E-state index >= 15 is 0 Å². The van der Waals surface area contributed by atoms with Gasteiger partial charge in [0.15, 0.2) is 6.04 Å². The van der Waals surface area contributed by atoms with Crippen LogP contribution in [0.4, 0.5) is 0 Å². The number of aromatic nitrogens is 1. The van der Waals surface area contributed by atoms with E-state index in [2.05, 4.69) is 32.2 Å². The molecule has 2 aliphatic rings. The number of ether oxygens (including phenoxy) is 1. The first-order chi connectivity index (χ1) is 19.2. The number of amides is 1. The van der Waals surface area contributed by atoms with Gasteiger partial charge in [0.2, 0.25) is 0 Å². The van der Waals surface area contributed by atoms with E-state index in [0.29, 0.717) is 16.9 Å². The number of rotatable bonds is 8. The molecule has 2 fully saturated rings. The van der Waals surface area contributed by atoms with Crippen molar-refractivity contribution in [2.75, 3.05) is 0 Å². The molecule has 1 atom stereocenters. The highest BCUT2D eigenvalue weighted by molar-refractivity contribution is 5.99. The van der Waals surface area contributed by atoms with Crippen LogP contribution < -0.4 is 10.1 Å². The summed E-state index contributed by atoms with van der Waals surface area (Å²) >= 11 is 0. The molecule has 0 aliphatic heterocycles. The largest absolute Gasteiger partial charge is 0.490 e. The summed E-state index contributed by atoms with van der Waals surface area (Å²) in [5.74, 6) is 0.542. The highest BCUT2D eigenvalue weighted by Gasteiger charge is 2.31. The van der Waals surface area contributed by atoms with E-state index in [1.54, 1.807) is 30.3 Å². The SMILES string of the molecule is CC(C)(C)C1CCC(Oc2ccc3cc(C(=O)N[C@@H](C(=O)O)c4ccccc4)nc(CC4CCCC4)c3c2)CC1. The second-order valence-corrected chi connectivity index (χ2v) is 12.8. The fourth-order valence-electron chi connectivity index (χ4n) is 6.51. The van der Waals surface area contributed by atoms with Crippen LogP contribution in [-0.2, 0) is 11.2 Å². The lowest BCUT2D eigenvalue weighted by Gasteiger charge is -2.37. The van der Waals surface area contributed by atoms with Crippen LogP contribution in [0.25, 0.3) is 10.8 Å². The molecular weight excluding hydrogens is 500 g/mol. The molecule has 6 heteroatoms. The molecule has 0 radical (unpaired) electrons. The third-order valence-electron chi connectivity index (χ3n) is 8.93. The van der Waals surface area contributed by atoms with E-state index in [1.165, 1.54) is 38.5 Å². The predicted molar refractivity (Wildman–Crippen MR) is 158 cm³/mol. The van der Waals surface area contributed by atoms with Crippen molar-refractivity contribution in [3.05, 3.63) is 71.5 Å². The number of nitrogens with one attached hydrogen (secondary N) is 1. The third-order valence-corrected chi connectivity index (χ3v) is 8.93. The molecule has 5 rings (SSSR count). The fraction of sp³-hybridized carbons (Fsp3) is 0.500. The van der Waals surface area contributed by atoms with Crippen molar-refractivity contribution in [2.24, 2.45) is 17.3 Å². The van der Waals surface area contributed by atoms with E-state index in [-0.39, 0.29) is 11.8 Å². The Kier molecular flexibility index (Phi) is 8.43. The summed E-state index contributed by atoms with van der Waals surface area (Å²) < 4.78 is 6.48. The van der Waals surface area contributed by atoms with E-state index in [1.807, 2.05) is 18.2 Å². The molecule has 2 aliphatic carbocycles. The summed E-state index contributed by atoms with van der Waals surface area (Å²) in [4.78, 5) is 30.2. The quantitative estimate of drug-likeness (QED) is 0.308. The fourth-order valence-corrected chi connectivity index (χ4v) is 6.51. The van der Waals surface area contributed by atoms with Crippen molar-refractivity contribution >= 4 is 22.6 Å². The maximum absolute atomic E-state index is 13.3. The minimum atomic E-state index is -1.14. The molecule has 1 amide bonds. The second-order valence-electron chi connectivity index (χ2n) is 12.8. The smallest absolute Gasteiger partial charge is 0.330 e. The number of pyridine rings is 1.